The van der Waals surface area contributed by atoms with Gasteiger partial charge in [-0.1, -0.05) is 230 Å². The molecule has 0 unspecified atom stereocenters. The van der Waals surface area contributed by atoms with Crippen molar-refractivity contribution < 1.29 is 28.6 Å². The highest BCUT2D eigenvalue weighted by molar-refractivity contribution is 5.71. The van der Waals surface area contributed by atoms with Crippen molar-refractivity contribution in [2.45, 2.75) is 309 Å². The zero-order valence-electron chi connectivity index (χ0n) is 44.7. The van der Waals surface area contributed by atoms with Gasteiger partial charge >= 0.3 is 17.9 Å². The predicted molar refractivity (Wildman–Crippen MR) is 289 cm³/mol. The molecule has 0 N–H and O–H groups in total. The van der Waals surface area contributed by atoms with E-state index in [4.69, 9.17) is 14.2 Å². The topological polar surface area (TPSA) is 78.9 Å². The van der Waals surface area contributed by atoms with Crippen LogP contribution in [0.2, 0.25) is 0 Å². The third kappa shape index (κ3) is 54.2. The number of hydrogen-bond acceptors (Lipinski definition) is 6. The summed E-state index contributed by atoms with van der Waals surface area (Å²) in [6.45, 7) is 6.61. The molecule has 6 heteroatoms. The summed E-state index contributed by atoms with van der Waals surface area (Å²) in [7, 11) is 0. The molecule has 6 nitrogen and oxygen atoms in total. The van der Waals surface area contributed by atoms with E-state index in [1.54, 1.807) is 0 Å². The van der Waals surface area contributed by atoms with Gasteiger partial charge < -0.3 is 14.2 Å². The number of carbonyl (C=O) groups is 3. The molecule has 0 aliphatic carbocycles. The molecule has 0 rings (SSSR count). The minimum absolute atomic E-state index is 0.0805. The average Bonchev–Trinajstić information content (AvgIpc) is 3.33. The number of carbonyl (C=O) groups excluding carboxylic acids is 3. The lowest BCUT2D eigenvalue weighted by Gasteiger charge is -2.18. The van der Waals surface area contributed by atoms with Crippen LogP contribution in [0.1, 0.15) is 303 Å². The highest BCUT2D eigenvalue weighted by Crippen LogP contribution is 2.15. The van der Waals surface area contributed by atoms with Gasteiger partial charge in [-0.15, -0.1) is 0 Å². The zero-order valence-corrected chi connectivity index (χ0v) is 44.7. The van der Waals surface area contributed by atoms with Gasteiger partial charge in [0, 0.05) is 19.3 Å². The summed E-state index contributed by atoms with van der Waals surface area (Å²) in [5, 5.41) is 0. The van der Waals surface area contributed by atoms with E-state index in [-0.39, 0.29) is 31.1 Å². The minimum atomic E-state index is -0.783. The Morgan fingerprint density at radius 3 is 0.866 bits per heavy atom. The normalized spacial score (nSPS) is 12.3. The second-order valence-corrected chi connectivity index (χ2v) is 19.5. The number of ether oxygens (including phenoxy) is 3. The first-order valence-electron chi connectivity index (χ1n) is 29.1. The molecule has 0 aromatic heterocycles. The molecule has 0 aliphatic heterocycles. The maximum absolute atomic E-state index is 12.8. The Morgan fingerprint density at radius 2 is 0.537 bits per heavy atom. The molecule has 0 saturated carbocycles. The second-order valence-electron chi connectivity index (χ2n) is 19.5. The first kappa shape index (κ1) is 64.4. The maximum atomic E-state index is 12.8. The first-order chi connectivity index (χ1) is 33.0. The molecule has 1 atom stereocenters. The van der Waals surface area contributed by atoms with Crippen LogP contribution in [0.15, 0.2) is 48.6 Å². The smallest absolute Gasteiger partial charge is 0.306 e. The van der Waals surface area contributed by atoms with Crippen LogP contribution in [-0.4, -0.2) is 37.2 Å². The van der Waals surface area contributed by atoms with Crippen molar-refractivity contribution in [3.05, 3.63) is 48.6 Å². The number of rotatable bonds is 53. The van der Waals surface area contributed by atoms with Crippen molar-refractivity contribution in [1.29, 1.82) is 0 Å². The van der Waals surface area contributed by atoms with E-state index in [2.05, 4.69) is 69.4 Å². The summed E-state index contributed by atoms with van der Waals surface area (Å²) in [5.74, 6) is -0.892. The van der Waals surface area contributed by atoms with Crippen LogP contribution in [0.4, 0.5) is 0 Å². The summed E-state index contributed by atoms with van der Waals surface area (Å²) in [6.07, 6.45) is 68.1. The van der Waals surface area contributed by atoms with Crippen LogP contribution in [0, 0.1) is 0 Å². The molecule has 390 valence electrons. The maximum Gasteiger partial charge on any atom is 0.306 e. The molecular formula is C61H110O6. The molecule has 0 heterocycles. The summed E-state index contributed by atoms with van der Waals surface area (Å²) in [4.78, 5) is 38.1. The van der Waals surface area contributed by atoms with Crippen molar-refractivity contribution in [2.24, 2.45) is 0 Å². The molecule has 0 aromatic carbocycles. The van der Waals surface area contributed by atoms with Gasteiger partial charge in [0.25, 0.3) is 0 Å². The number of hydrogen-bond donors (Lipinski definition) is 0. The summed E-state index contributed by atoms with van der Waals surface area (Å²) < 4.78 is 16.9. The Kier molecular flexibility index (Phi) is 53.8. The Hall–Kier alpha value is -2.63. The average molecular weight is 940 g/mol. The third-order valence-corrected chi connectivity index (χ3v) is 12.8. The monoisotopic (exact) mass is 939 g/mol. The van der Waals surface area contributed by atoms with Crippen LogP contribution < -0.4 is 0 Å². The fourth-order valence-corrected chi connectivity index (χ4v) is 8.35. The Balaban J connectivity index is 4.37. The van der Waals surface area contributed by atoms with Gasteiger partial charge in [0.05, 0.1) is 0 Å². The number of allylic oxidation sites excluding steroid dienone is 8. The van der Waals surface area contributed by atoms with E-state index in [0.29, 0.717) is 19.3 Å². The van der Waals surface area contributed by atoms with Gasteiger partial charge in [0.2, 0.25) is 0 Å². The van der Waals surface area contributed by atoms with Crippen LogP contribution in [-0.2, 0) is 28.6 Å². The Labute approximate surface area is 416 Å². The van der Waals surface area contributed by atoms with Crippen LogP contribution in [0.5, 0.6) is 0 Å². The van der Waals surface area contributed by atoms with E-state index < -0.39 is 6.10 Å². The summed E-state index contributed by atoms with van der Waals surface area (Å²) in [5.41, 5.74) is 0. The van der Waals surface area contributed by atoms with Crippen molar-refractivity contribution in [1.82, 2.24) is 0 Å². The molecule has 0 fully saturated rings. The predicted octanol–water partition coefficient (Wildman–Crippen LogP) is 19.4. The Morgan fingerprint density at radius 1 is 0.299 bits per heavy atom. The number of esters is 3. The third-order valence-electron chi connectivity index (χ3n) is 12.8. The van der Waals surface area contributed by atoms with E-state index in [1.807, 2.05) is 0 Å². The van der Waals surface area contributed by atoms with E-state index in [9.17, 15) is 14.4 Å². The van der Waals surface area contributed by atoms with Crippen LogP contribution in [0.25, 0.3) is 0 Å². The molecule has 0 spiro atoms. The lowest BCUT2D eigenvalue weighted by atomic mass is 10.1. The van der Waals surface area contributed by atoms with Crippen molar-refractivity contribution >= 4 is 17.9 Å². The molecule has 0 aliphatic rings. The van der Waals surface area contributed by atoms with Crippen molar-refractivity contribution in [3.63, 3.8) is 0 Å². The lowest BCUT2D eigenvalue weighted by molar-refractivity contribution is -0.167. The van der Waals surface area contributed by atoms with Crippen molar-refractivity contribution in [3.8, 4) is 0 Å². The van der Waals surface area contributed by atoms with E-state index >= 15 is 0 Å². The second kappa shape index (κ2) is 56.0. The molecule has 67 heavy (non-hydrogen) atoms. The largest absolute Gasteiger partial charge is 0.462 e. The van der Waals surface area contributed by atoms with Crippen molar-refractivity contribution in [2.75, 3.05) is 13.2 Å². The lowest BCUT2D eigenvalue weighted by Crippen LogP contribution is -2.30. The van der Waals surface area contributed by atoms with Gasteiger partial charge in [0.15, 0.2) is 6.10 Å². The van der Waals surface area contributed by atoms with E-state index in [1.165, 1.54) is 173 Å². The molecule has 0 saturated heterocycles. The minimum Gasteiger partial charge on any atom is -0.462 e. The summed E-state index contributed by atoms with van der Waals surface area (Å²) in [6, 6.07) is 0. The van der Waals surface area contributed by atoms with Gasteiger partial charge in [-0.05, 0) is 103 Å². The molecule has 0 bridgehead atoms. The van der Waals surface area contributed by atoms with Gasteiger partial charge in [-0.3, -0.25) is 14.4 Å². The fourth-order valence-electron chi connectivity index (χ4n) is 8.35. The molecule has 0 amide bonds. The molecule has 0 aromatic rings. The zero-order chi connectivity index (χ0) is 48.6. The van der Waals surface area contributed by atoms with Gasteiger partial charge in [-0.2, -0.15) is 0 Å². The molecular weight excluding hydrogens is 829 g/mol. The first-order valence-corrected chi connectivity index (χ1v) is 29.1. The number of unbranched alkanes of at least 4 members (excludes halogenated alkanes) is 34. The van der Waals surface area contributed by atoms with Crippen LogP contribution in [0.3, 0.4) is 0 Å². The Bertz CT molecular complexity index is 1170. The standard InChI is InChI=1S/C61H110O6/c1-4-7-10-13-16-19-22-25-28-29-30-31-34-36-39-42-45-48-51-54-60(63)66-57-58(67-61(64)55-52-49-46-43-40-37-33-27-24-21-18-15-12-9-6-3)56-65-59(62)53-50-47-44-41-38-35-32-26-23-20-17-14-11-8-5-2/h17,20,25-28,32-33,58H,4-16,18-19,21-24,29-31,34-57H2,1-3H3/b20-17-,28-25-,32-26-,33-27-/t58-/m1/s1. The highest BCUT2D eigenvalue weighted by atomic mass is 16.6. The highest BCUT2D eigenvalue weighted by Gasteiger charge is 2.19. The quantitative estimate of drug-likeness (QED) is 0.0262. The van der Waals surface area contributed by atoms with E-state index in [0.717, 1.165) is 89.9 Å². The SMILES string of the molecule is CCCCC/C=C\C/C=C\CCCCCCCC(=O)OC[C@H](COC(=O)CCCCCCCCCCC/C=C\CCCCCCCC)OC(=O)CCCCCCC/C=C\CCCCCCCC. The summed E-state index contributed by atoms with van der Waals surface area (Å²) >= 11 is 0. The van der Waals surface area contributed by atoms with Crippen LogP contribution >= 0.6 is 0 Å². The molecule has 0 radical (unpaired) electrons. The van der Waals surface area contributed by atoms with Gasteiger partial charge in [-0.25, -0.2) is 0 Å². The van der Waals surface area contributed by atoms with Gasteiger partial charge in [0.1, 0.15) is 13.2 Å². The fraction of sp³-hybridized carbons (Fsp3) is 0.820.